The number of halogens is 1. The van der Waals surface area contributed by atoms with Gasteiger partial charge in [0.15, 0.2) is 5.16 Å². The number of hydrogen-bond acceptors (Lipinski definition) is 5. The minimum absolute atomic E-state index is 0.107. The minimum Gasteiger partial charge on any atom is -0.258 e. The molecule has 0 amide bonds. The van der Waals surface area contributed by atoms with Gasteiger partial charge in [-0.25, -0.2) is 9.97 Å². The Morgan fingerprint density at radius 1 is 1.37 bits per heavy atom. The van der Waals surface area contributed by atoms with Gasteiger partial charge in [-0.2, -0.15) is 0 Å². The van der Waals surface area contributed by atoms with E-state index in [4.69, 9.17) is 0 Å². The van der Waals surface area contributed by atoms with Gasteiger partial charge in [0.25, 0.3) is 5.69 Å². The van der Waals surface area contributed by atoms with Gasteiger partial charge in [0.1, 0.15) is 0 Å². The quantitative estimate of drug-likeness (QED) is 0.264. The van der Waals surface area contributed by atoms with Gasteiger partial charge in [0.2, 0.25) is 0 Å². The first-order valence-corrected chi connectivity index (χ1v) is 7.48. The molecule has 0 N–H and O–H groups in total. The van der Waals surface area contributed by atoms with Crippen molar-refractivity contribution in [2.45, 2.75) is 17.8 Å². The highest BCUT2D eigenvalue weighted by Gasteiger charge is 2.05. The Morgan fingerprint density at radius 2 is 2.05 bits per heavy atom. The summed E-state index contributed by atoms with van der Waals surface area (Å²) in [7, 11) is 0. The van der Waals surface area contributed by atoms with E-state index in [0.29, 0.717) is 5.75 Å². The topological polar surface area (TPSA) is 68.9 Å². The van der Waals surface area contributed by atoms with E-state index >= 15 is 0 Å². The molecule has 0 bridgehead atoms. The summed E-state index contributed by atoms with van der Waals surface area (Å²) >= 11 is 3.71. The SMILES string of the molecule is Cc1nc(SCc2ccc([N+](=O)[O-])cc2)ncc1I. The van der Waals surface area contributed by atoms with Crippen LogP contribution in [-0.4, -0.2) is 14.9 Å². The van der Waals surface area contributed by atoms with E-state index in [1.807, 2.05) is 6.92 Å². The third-order valence-electron chi connectivity index (χ3n) is 2.41. The van der Waals surface area contributed by atoms with Gasteiger partial charge in [-0.3, -0.25) is 10.1 Å². The molecule has 1 aromatic carbocycles. The molecule has 5 nitrogen and oxygen atoms in total. The Hall–Kier alpha value is -1.22. The predicted molar refractivity (Wildman–Crippen MR) is 82.1 cm³/mol. The Bertz CT molecular complexity index is 604. The molecule has 2 rings (SSSR count). The van der Waals surface area contributed by atoms with Crippen molar-refractivity contribution in [3.8, 4) is 0 Å². The van der Waals surface area contributed by atoms with Crippen molar-refractivity contribution in [2.75, 3.05) is 0 Å². The van der Waals surface area contributed by atoms with Crippen molar-refractivity contribution in [1.82, 2.24) is 9.97 Å². The average Bonchev–Trinajstić information content (AvgIpc) is 2.40. The summed E-state index contributed by atoms with van der Waals surface area (Å²) in [5, 5.41) is 11.3. The lowest BCUT2D eigenvalue weighted by Gasteiger charge is -2.02. The lowest BCUT2D eigenvalue weighted by molar-refractivity contribution is -0.384. The number of aryl methyl sites for hydroxylation is 1. The van der Waals surface area contributed by atoms with Crippen molar-refractivity contribution >= 4 is 40.0 Å². The van der Waals surface area contributed by atoms with Gasteiger partial charge >= 0.3 is 0 Å². The molecule has 0 aliphatic carbocycles. The molecule has 0 fully saturated rings. The second-order valence-corrected chi connectivity index (χ2v) is 5.90. The second-order valence-electron chi connectivity index (χ2n) is 3.80. The number of benzene rings is 1. The van der Waals surface area contributed by atoms with E-state index in [1.165, 1.54) is 23.9 Å². The lowest BCUT2D eigenvalue weighted by Crippen LogP contribution is -1.93. The van der Waals surface area contributed by atoms with Crippen molar-refractivity contribution < 1.29 is 4.92 Å². The number of aromatic nitrogens is 2. The predicted octanol–water partition coefficient (Wildman–Crippen LogP) is 3.59. The Kier molecular flexibility index (Phi) is 4.70. The number of nitrogens with zero attached hydrogens (tertiary/aromatic N) is 3. The maximum Gasteiger partial charge on any atom is 0.269 e. The Balaban J connectivity index is 2.01. The first kappa shape index (κ1) is 14.2. The van der Waals surface area contributed by atoms with Crippen LogP contribution in [0.1, 0.15) is 11.3 Å². The van der Waals surface area contributed by atoms with Crippen LogP contribution >= 0.6 is 34.4 Å². The molecule has 0 unspecified atom stereocenters. The molecule has 19 heavy (non-hydrogen) atoms. The van der Waals surface area contributed by atoms with E-state index in [-0.39, 0.29) is 5.69 Å². The van der Waals surface area contributed by atoms with Gasteiger partial charge in [-0.1, -0.05) is 23.9 Å². The summed E-state index contributed by atoms with van der Waals surface area (Å²) in [6.45, 7) is 1.94. The molecule has 0 atom stereocenters. The van der Waals surface area contributed by atoms with E-state index in [1.54, 1.807) is 18.3 Å². The van der Waals surface area contributed by atoms with Gasteiger partial charge in [-0.15, -0.1) is 0 Å². The largest absolute Gasteiger partial charge is 0.269 e. The third kappa shape index (κ3) is 3.87. The van der Waals surface area contributed by atoms with E-state index < -0.39 is 4.92 Å². The van der Waals surface area contributed by atoms with E-state index in [0.717, 1.165) is 20.0 Å². The van der Waals surface area contributed by atoms with Crippen LogP contribution in [0.15, 0.2) is 35.6 Å². The maximum absolute atomic E-state index is 10.5. The number of thioether (sulfide) groups is 1. The smallest absolute Gasteiger partial charge is 0.258 e. The normalized spacial score (nSPS) is 10.4. The van der Waals surface area contributed by atoms with Gasteiger partial charge in [-0.05, 0) is 35.1 Å². The number of non-ortho nitro benzene ring substituents is 1. The van der Waals surface area contributed by atoms with Crippen LogP contribution in [0.4, 0.5) is 5.69 Å². The van der Waals surface area contributed by atoms with E-state index in [9.17, 15) is 10.1 Å². The highest BCUT2D eigenvalue weighted by Crippen LogP contribution is 2.22. The maximum atomic E-state index is 10.5. The molecule has 0 aliphatic heterocycles. The van der Waals surface area contributed by atoms with Crippen LogP contribution in [-0.2, 0) is 5.75 Å². The molecular weight excluding hydrogens is 377 g/mol. The second kappa shape index (κ2) is 6.29. The zero-order valence-corrected chi connectivity index (χ0v) is 13.0. The molecule has 1 aromatic heterocycles. The molecule has 1 heterocycles. The van der Waals surface area contributed by atoms with Crippen LogP contribution < -0.4 is 0 Å². The summed E-state index contributed by atoms with van der Waals surface area (Å²) in [5.74, 6) is 0.692. The Morgan fingerprint density at radius 3 is 2.63 bits per heavy atom. The first-order valence-electron chi connectivity index (χ1n) is 5.41. The molecule has 0 saturated heterocycles. The van der Waals surface area contributed by atoms with Crippen molar-refractivity contribution in [3.05, 3.63) is 55.4 Å². The molecule has 0 radical (unpaired) electrons. The highest BCUT2D eigenvalue weighted by atomic mass is 127. The van der Waals surface area contributed by atoms with Crippen molar-refractivity contribution in [2.24, 2.45) is 0 Å². The molecule has 98 valence electrons. The molecule has 2 aromatic rings. The van der Waals surface area contributed by atoms with Crippen molar-refractivity contribution in [1.29, 1.82) is 0 Å². The summed E-state index contributed by atoms with van der Waals surface area (Å²) in [4.78, 5) is 18.7. The zero-order chi connectivity index (χ0) is 13.8. The molecule has 0 saturated carbocycles. The molecule has 0 aliphatic rings. The highest BCUT2D eigenvalue weighted by molar-refractivity contribution is 14.1. The van der Waals surface area contributed by atoms with E-state index in [2.05, 4.69) is 32.6 Å². The fourth-order valence-corrected chi connectivity index (χ4v) is 2.44. The minimum atomic E-state index is -0.400. The fraction of sp³-hybridized carbons (Fsp3) is 0.167. The number of nitro benzene ring substituents is 1. The van der Waals surface area contributed by atoms with Crippen LogP contribution in [0.3, 0.4) is 0 Å². The van der Waals surface area contributed by atoms with Crippen LogP contribution in [0.2, 0.25) is 0 Å². The molecule has 7 heteroatoms. The van der Waals surface area contributed by atoms with Crippen LogP contribution in [0.25, 0.3) is 0 Å². The standard InChI is InChI=1S/C12H10IN3O2S/c1-8-11(13)6-14-12(15-8)19-7-9-2-4-10(5-3-9)16(17)18/h2-6H,7H2,1H3. The number of nitro groups is 1. The van der Waals surface area contributed by atoms with Gasteiger partial charge < -0.3 is 0 Å². The number of rotatable bonds is 4. The first-order chi connectivity index (χ1) is 9.06. The summed E-state index contributed by atoms with van der Waals surface area (Å²) in [6.07, 6.45) is 1.79. The fourth-order valence-electron chi connectivity index (χ4n) is 1.36. The summed E-state index contributed by atoms with van der Waals surface area (Å²) < 4.78 is 1.04. The monoisotopic (exact) mass is 387 g/mol. The molecule has 0 spiro atoms. The summed E-state index contributed by atoms with van der Waals surface area (Å²) in [5.41, 5.74) is 2.08. The van der Waals surface area contributed by atoms with Crippen LogP contribution in [0.5, 0.6) is 0 Å². The zero-order valence-electron chi connectivity index (χ0n) is 10.0. The average molecular weight is 387 g/mol. The summed E-state index contributed by atoms with van der Waals surface area (Å²) in [6, 6.07) is 6.53. The third-order valence-corrected chi connectivity index (χ3v) is 4.40. The van der Waals surface area contributed by atoms with Gasteiger partial charge in [0.05, 0.1) is 14.2 Å². The Labute approximate surface area is 128 Å². The van der Waals surface area contributed by atoms with Crippen LogP contribution in [0, 0.1) is 20.6 Å². The van der Waals surface area contributed by atoms with Crippen molar-refractivity contribution in [3.63, 3.8) is 0 Å². The number of hydrogen-bond donors (Lipinski definition) is 0. The lowest BCUT2D eigenvalue weighted by atomic mass is 10.2. The van der Waals surface area contributed by atoms with Gasteiger partial charge in [0, 0.05) is 24.1 Å². The molecular formula is C12H10IN3O2S.